The van der Waals surface area contributed by atoms with Crippen LogP contribution in [-0.2, 0) is 4.79 Å². The van der Waals surface area contributed by atoms with Crippen LogP contribution in [0.5, 0.6) is 0 Å². The van der Waals surface area contributed by atoms with Gasteiger partial charge in [0.15, 0.2) is 6.29 Å². The van der Waals surface area contributed by atoms with Crippen LogP contribution < -0.4 is 0 Å². The van der Waals surface area contributed by atoms with Gasteiger partial charge in [0.2, 0.25) is 0 Å². The molecular formula is C2H4OP+. The fraction of sp³-hybridized carbons (Fsp3) is 0. The van der Waals surface area contributed by atoms with Crippen molar-refractivity contribution in [3.8, 4) is 0 Å². The molecule has 0 radical (unpaired) electrons. The van der Waals surface area contributed by atoms with Crippen molar-refractivity contribution in [2.24, 2.45) is 0 Å². The Morgan fingerprint density at radius 2 is 2.00 bits per heavy atom. The average molecular weight is 75.0 g/mol. The molecule has 2 heteroatoms. The summed E-state index contributed by atoms with van der Waals surface area (Å²) < 4.78 is 0. The third-order valence-electron chi connectivity index (χ3n) is 0.0786. The third kappa shape index (κ3) is 1.84. The summed E-state index contributed by atoms with van der Waals surface area (Å²) in [4.78, 5) is 9.10. The minimum absolute atomic E-state index is 0.713. The first-order valence-corrected chi connectivity index (χ1v) is 1.57. The van der Waals surface area contributed by atoms with E-state index in [0.29, 0.717) is 6.29 Å². The van der Waals surface area contributed by atoms with E-state index in [2.05, 4.69) is 8.86 Å². The summed E-state index contributed by atoms with van der Waals surface area (Å²) in [6, 6.07) is 0. The quantitative estimate of drug-likeness (QED) is 0.313. The maximum atomic E-state index is 9.10. The van der Waals surface area contributed by atoms with Gasteiger partial charge >= 0.3 is 0 Å². The van der Waals surface area contributed by atoms with Crippen molar-refractivity contribution in [1.29, 1.82) is 0 Å². The van der Waals surface area contributed by atoms with E-state index in [9.17, 15) is 0 Å². The molecule has 0 saturated heterocycles. The maximum absolute atomic E-state index is 9.10. The van der Waals surface area contributed by atoms with Gasteiger partial charge in [-0.3, -0.25) is 4.79 Å². The molecule has 22 valence electrons. The lowest BCUT2D eigenvalue weighted by atomic mass is 10.9. The van der Waals surface area contributed by atoms with E-state index in [-0.39, 0.29) is 0 Å². The molecule has 0 amide bonds. The molecule has 0 spiro atoms. The highest BCUT2D eigenvalue weighted by atomic mass is 31.0. The Morgan fingerprint density at radius 3 is 2.00 bits per heavy atom. The minimum Gasteiger partial charge on any atom is -0.294 e. The smallest absolute Gasteiger partial charge is 0.184 e. The molecule has 1 unspecified atom stereocenters. The van der Waals surface area contributed by atoms with Crippen LogP contribution in [0.3, 0.4) is 0 Å². The average Bonchev–Trinajstić information content (AvgIpc) is 1.37. The second-order valence-electron chi connectivity index (χ2n) is 0.329. The SMILES string of the molecule is O=CC=[PH2+]. The van der Waals surface area contributed by atoms with Gasteiger partial charge in [0.05, 0.1) is 8.86 Å². The zero-order valence-electron chi connectivity index (χ0n) is 2.14. The molecule has 0 aliphatic carbocycles. The number of hydrogen-bond acceptors (Lipinski definition) is 1. The van der Waals surface area contributed by atoms with Crippen molar-refractivity contribution in [3.05, 3.63) is 0 Å². The van der Waals surface area contributed by atoms with Crippen LogP contribution in [0.25, 0.3) is 0 Å². The Bertz CT molecular complexity index is 27.0. The van der Waals surface area contributed by atoms with Crippen LogP contribution >= 0.6 is 8.86 Å². The summed E-state index contributed by atoms with van der Waals surface area (Å²) in [5.41, 5.74) is 0. The second-order valence-corrected chi connectivity index (χ2v) is 0.713. The summed E-state index contributed by atoms with van der Waals surface area (Å²) in [5, 5.41) is 0. The van der Waals surface area contributed by atoms with Crippen LogP contribution in [-0.4, -0.2) is 12.1 Å². The number of carbonyl (C=O) groups is 1. The highest BCUT2D eigenvalue weighted by molar-refractivity contribution is 7.21. The van der Waals surface area contributed by atoms with E-state index >= 15 is 0 Å². The highest BCUT2D eigenvalue weighted by Gasteiger charge is 1.48. The van der Waals surface area contributed by atoms with Crippen LogP contribution in [0.2, 0.25) is 0 Å². The Hall–Kier alpha value is -0.160. The van der Waals surface area contributed by atoms with Crippen LogP contribution in [0.15, 0.2) is 0 Å². The van der Waals surface area contributed by atoms with Crippen molar-refractivity contribution in [2.75, 3.05) is 0 Å². The molecule has 4 heavy (non-hydrogen) atoms. The topological polar surface area (TPSA) is 17.1 Å². The van der Waals surface area contributed by atoms with Crippen molar-refractivity contribution >= 4 is 20.9 Å². The van der Waals surface area contributed by atoms with E-state index in [4.69, 9.17) is 4.79 Å². The van der Waals surface area contributed by atoms with Gasteiger partial charge in [-0.15, -0.1) is 0 Å². The molecule has 1 atom stereocenters. The van der Waals surface area contributed by atoms with Crippen LogP contribution in [0.1, 0.15) is 0 Å². The largest absolute Gasteiger partial charge is 0.294 e. The normalized spacial score (nSPS) is 5.00. The predicted octanol–water partition coefficient (Wildman–Crippen LogP) is -0.137. The van der Waals surface area contributed by atoms with Crippen molar-refractivity contribution in [2.45, 2.75) is 0 Å². The molecular weight excluding hydrogens is 71.0 g/mol. The maximum Gasteiger partial charge on any atom is 0.184 e. The molecule has 0 fully saturated rings. The molecule has 0 aromatic heterocycles. The molecule has 0 heterocycles. The first-order valence-electron chi connectivity index (χ1n) is 0.902. The van der Waals surface area contributed by atoms with Crippen LogP contribution in [0.4, 0.5) is 0 Å². The Kier molecular flexibility index (Phi) is 2.73. The Balaban J connectivity index is 2.73. The van der Waals surface area contributed by atoms with E-state index in [1.807, 2.05) is 0 Å². The number of aldehydes is 1. The van der Waals surface area contributed by atoms with E-state index in [1.54, 1.807) is 0 Å². The summed E-state index contributed by atoms with van der Waals surface area (Å²) in [5.74, 6) is 1.36. The van der Waals surface area contributed by atoms with Gasteiger partial charge in [-0.25, -0.2) is 0 Å². The van der Waals surface area contributed by atoms with Gasteiger partial charge in [-0.1, -0.05) is 0 Å². The molecule has 0 N–H and O–H groups in total. The van der Waals surface area contributed by atoms with E-state index in [1.165, 1.54) is 5.80 Å². The van der Waals surface area contributed by atoms with Gasteiger partial charge < -0.3 is 0 Å². The summed E-state index contributed by atoms with van der Waals surface area (Å²) >= 11 is 0. The van der Waals surface area contributed by atoms with Gasteiger partial charge in [0.1, 0.15) is 5.80 Å². The summed E-state index contributed by atoms with van der Waals surface area (Å²) in [6.07, 6.45) is 0.713. The van der Waals surface area contributed by atoms with Crippen LogP contribution in [0, 0.1) is 0 Å². The standard InChI is InChI=1S/C2H3OP/c3-1-2-4/h1-2,4H/p+1. The molecule has 0 saturated carbocycles. The summed E-state index contributed by atoms with van der Waals surface area (Å²) in [7, 11) is 2.16. The Labute approximate surface area is 26.9 Å². The van der Waals surface area contributed by atoms with Crippen molar-refractivity contribution < 1.29 is 4.79 Å². The second kappa shape index (κ2) is 2.84. The monoisotopic (exact) mass is 75.0 g/mol. The third-order valence-corrected chi connectivity index (χ3v) is 0.236. The number of carbonyl (C=O) groups excluding carboxylic acids is 1. The molecule has 0 aromatic rings. The zero-order chi connectivity index (χ0) is 3.41. The van der Waals surface area contributed by atoms with Crippen molar-refractivity contribution in [3.63, 3.8) is 0 Å². The summed E-state index contributed by atoms with van der Waals surface area (Å²) in [6.45, 7) is 0. The molecule has 0 rings (SSSR count). The van der Waals surface area contributed by atoms with Gasteiger partial charge in [0.25, 0.3) is 0 Å². The molecule has 0 aliphatic rings. The number of rotatable bonds is 1. The zero-order valence-corrected chi connectivity index (χ0v) is 3.29. The van der Waals surface area contributed by atoms with Gasteiger partial charge in [-0.05, 0) is 0 Å². The fourth-order valence-corrected chi connectivity index (χ4v) is 0. The lowest BCUT2D eigenvalue weighted by Gasteiger charge is -1.28. The Morgan fingerprint density at radius 1 is 1.75 bits per heavy atom. The first-order chi connectivity index (χ1) is 1.91. The van der Waals surface area contributed by atoms with Gasteiger partial charge in [0, 0.05) is 0 Å². The molecule has 0 aromatic carbocycles. The minimum atomic E-state index is 0.713. The number of hydrogen-bond donors (Lipinski definition) is 0. The lowest BCUT2D eigenvalue weighted by molar-refractivity contribution is -0.102. The van der Waals surface area contributed by atoms with Crippen molar-refractivity contribution in [1.82, 2.24) is 0 Å². The van der Waals surface area contributed by atoms with E-state index < -0.39 is 0 Å². The molecule has 1 nitrogen and oxygen atoms in total. The fourth-order valence-electron chi connectivity index (χ4n) is 0. The first kappa shape index (κ1) is 3.84. The predicted molar refractivity (Wildman–Crippen MR) is 21.8 cm³/mol. The van der Waals surface area contributed by atoms with E-state index in [0.717, 1.165) is 0 Å². The molecule has 0 aliphatic heterocycles. The van der Waals surface area contributed by atoms with Gasteiger partial charge in [-0.2, -0.15) is 0 Å². The lowest BCUT2D eigenvalue weighted by Crippen LogP contribution is -1.56. The highest BCUT2D eigenvalue weighted by Crippen LogP contribution is 1.40. The molecule has 0 bridgehead atoms.